The smallest absolute Gasteiger partial charge is 0.189 e. The van der Waals surface area contributed by atoms with Crippen molar-refractivity contribution >= 4 is 0 Å². The van der Waals surface area contributed by atoms with Crippen molar-refractivity contribution < 1.29 is 4.74 Å². The second-order valence-electron chi connectivity index (χ2n) is 3.29. The Bertz CT molecular complexity index is 202. The molecule has 0 amide bonds. The quantitative estimate of drug-likeness (QED) is 0.588. The normalized spacial score (nSPS) is 23.3. The van der Waals surface area contributed by atoms with E-state index in [-0.39, 0.29) is 0 Å². The van der Waals surface area contributed by atoms with Crippen LogP contribution in [-0.2, 0) is 4.74 Å². The van der Waals surface area contributed by atoms with Crippen LogP contribution in [0.15, 0.2) is 24.1 Å². The van der Waals surface area contributed by atoms with Crippen LogP contribution in [0.5, 0.6) is 0 Å². The molecular formula is C10H15NO. The molecule has 0 unspecified atom stereocenters. The van der Waals surface area contributed by atoms with E-state index in [0.717, 1.165) is 12.5 Å². The molecule has 2 nitrogen and oxygen atoms in total. The van der Waals surface area contributed by atoms with Gasteiger partial charge in [0, 0.05) is 13.1 Å². The average molecular weight is 165 g/mol. The number of hydrogen-bond acceptors (Lipinski definition) is 2. The molecule has 2 heteroatoms. The van der Waals surface area contributed by atoms with Gasteiger partial charge in [0.1, 0.15) is 6.61 Å². The Hall–Kier alpha value is -0.920. The molecule has 0 spiro atoms. The summed E-state index contributed by atoms with van der Waals surface area (Å²) in [5.41, 5.74) is 0. The van der Waals surface area contributed by atoms with Gasteiger partial charge in [-0.2, -0.15) is 0 Å². The van der Waals surface area contributed by atoms with E-state index in [0.29, 0.717) is 0 Å². The van der Waals surface area contributed by atoms with Crippen molar-refractivity contribution in [3.63, 3.8) is 0 Å². The number of ether oxygens (including phenoxy) is 1. The maximum atomic E-state index is 5.52. The Morgan fingerprint density at radius 2 is 2.00 bits per heavy atom. The Labute approximate surface area is 73.5 Å². The van der Waals surface area contributed by atoms with Crippen LogP contribution in [0.1, 0.15) is 19.3 Å². The number of hydrogen-bond donors (Lipinski definition) is 0. The summed E-state index contributed by atoms with van der Waals surface area (Å²) < 4.78 is 5.52. The third-order valence-corrected chi connectivity index (χ3v) is 2.37. The first-order valence-electron chi connectivity index (χ1n) is 4.71. The van der Waals surface area contributed by atoms with Crippen LogP contribution in [0.3, 0.4) is 0 Å². The molecule has 0 bridgehead atoms. The molecule has 0 radical (unpaired) electrons. The molecule has 1 saturated heterocycles. The van der Waals surface area contributed by atoms with Gasteiger partial charge >= 0.3 is 0 Å². The molecule has 2 aliphatic rings. The molecule has 1 fully saturated rings. The summed E-state index contributed by atoms with van der Waals surface area (Å²) in [6, 6.07) is 0. The van der Waals surface area contributed by atoms with Gasteiger partial charge in [-0.15, -0.1) is 0 Å². The second-order valence-corrected chi connectivity index (χ2v) is 3.29. The zero-order chi connectivity index (χ0) is 8.23. The van der Waals surface area contributed by atoms with E-state index in [1.165, 1.54) is 32.4 Å². The largest absolute Gasteiger partial charge is 0.475 e. The van der Waals surface area contributed by atoms with Gasteiger partial charge in [0.25, 0.3) is 0 Å². The molecule has 0 atom stereocenters. The van der Waals surface area contributed by atoms with Crippen molar-refractivity contribution in [3.8, 4) is 0 Å². The third-order valence-electron chi connectivity index (χ3n) is 2.37. The average Bonchev–Trinajstić information content (AvgIpc) is 2.21. The maximum Gasteiger partial charge on any atom is 0.189 e. The van der Waals surface area contributed by atoms with E-state index in [2.05, 4.69) is 17.1 Å². The van der Waals surface area contributed by atoms with E-state index in [9.17, 15) is 0 Å². The first-order chi connectivity index (χ1) is 5.97. The molecule has 12 heavy (non-hydrogen) atoms. The Morgan fingerprint density at radius 3 is 2.67 bits per heavy atom. The van der Waals surface area contributed by atoms with Crippen molar-refractivity contribution in [3.05, 3.63) is 24.1 Å². The molecule has 0 aromatic heterocycles. The van der Waals surface area contributed by atoms with Crippen LogP contribution < -0.4 is 0 Å². The van der Waals surface area contributed by atoms with Gasteiger partial charge in [-0.1, -0.05) is 6.08 Å². The Morgan fingerprint density at radius 1 is 1.17 bits per heavy atom. The van der Waals surface area contributed by atoms with Crippen molar-refractivity contribution in [1.82, 2.24) is 4.90 Å². The molecule has 2 heterocycles. The lowest BCUT2D eigenvalue weighted by Gasteiger charge is -2.30. The fraction of sp³-hybridized carbons (Fsp3) is 0.600. The minimum atomic E-state index is 0.738. The molecule has 0 N–H and O–H groups in total. The fourth-order valence-electron chi connectivity index (χ4n) is 1.70. The van der Waals surface area contributed by atoms with Gasteiger partial charge in [-0.25, -0.2) is 0 Å². The minimum Gasteiger partial charge on any atom is -0.475 e. The van der Waals surface area contributed by atoms with Gasteiger partial charge in [-0.3, -0.25) is 0 Å². The van der Waals surface area contributed by atoms with Crippen LogP contribution >= 0.6 is 0 Å². The van der Waals surface area contributed by atoms with Gasteiger partial charge in [0.15, 0.2) is 5.88 Å². The summed E-state index contributed by atoms with van der Waals surface area (Å²) in [6.45, 7) is 3.07. The zero-order valence-electron chi connectivity index (χ0n) is 7.33. The standard InChI is InChI=1S/C10H15NO/c1-3-7-11(8-4-1)10-6-2-5-9-12-10/h2,5-6H,1,3-4,7-9H2. The van der Waals surface area contributed by atoms with Crippen LogP contribution in [0.25, 0.3) is 0 Å². The summed E-state index contributed by atoms with van der Waals surface area (Å²) in [4.78, 5) is 2.34. The first kappa shape index (κ1) is 7.71. The van der Waals surface area contributed by atoms with E-state index in [4.69, 9.17) is 4.74 Å². The molecule has 2 aliphatic heterocycles. The highest BCUT2D eigenvalue weighted by molar-refractivity contribution is 5.11. The van der Waals surface area contributed by atoms with Gasteiger partial charge < -0.3 is 9.64 Å². The lowest BCUT2D eigenvalue weighted by Crippen LogP contribution is -2.30. The number of piperidine rings is 1. The summed E-state index contributed by atoms with van der Waals surface area (Å²) in [7, 11) is 0. The van der Waals surface area contributed by atoms with E-state index < -0.39 is 0 Å². The van der Waals surface area contributed by atoms with E-state index >= 15 is 0 Å². The highest BCUT2D eigenvalue weighted by Gasteiger charge is 2.14. The summed E-state index contributed by atoms with van der Waals surface area (Å²) in [5, 5.41) is 0. The van der Waals surface area contributed by atoms with Crippen molar-refractivity contribution in [2.45, 2.75) is 19.3 Å². The van der Waals surface area contributed by atoms with Crippen LogP contribution in [-0.4, -0.2) is 24.6 Å². The first-order valence-corrected chi connectivity index (χ1v) is 4.71. The molecule has 66 valence electrons. The van der Waals surface area contributed by atoms with Crippen LogP contribution in [0.4, 0.5) is 0 Å². The maximum absolute atomic E-state index is 5.52. The van der Waals surface area contributed by atoms with E-state index in [1.54, 1.807) is 0 Å². The molecular weight excluding hydrogens is 150 g/mol. The monoisotopic (exact) mass is 165 g/mol. The lowest BCUT2D eigenvalue weighted by atomic mass is 10.1. The van der Waals surface area contributed by atoms with Crippen molar-refractivity contribution in [2.24, 2.45) is 0 Å². The summed E-state index contributed by atoms with van der Waals surface area (Å²) in [6.07, 6.45) is 10.2. The Kier molecular flexibility index (Phi) is 2.35. The number of rotatable bonds is 1. The molecule has 2 rings (SSSR count). The van der Waals surface area contributed by atoms with Crippen LogP contribution in [0, 0.1) is 0 Å². The van der Waals surface area contributed by atoms with Crippen molar-refractivity contribution in [2.75, 3.05) is 19.7 Å². The number of nitrogens with zero attached hydrogens (tertiary/aromatic N) is 1. The Balaban J connectivity index is 1.97. The summed E-state index contributed by atoms with van der Waals surface area (Å²) >= 11 is 0. The highest BCUT2D eigenvalue weighted by Crippen LogP contribution is 2.17. The minimum absolute atomic E-state index is 0.738. The molecule has 0 aliphatic carbocycles. The number of allylic oxidation sites excluding steroid dienone is 2. The lowest BCUT2D eigenvalue weighted by molar-refractivity contribution is 0.113. The zero-order valence-corrected chi connectivity index (χ0v) is 7.33. The van der Waals surface area contributed by atoms with Crippen molar-refractivity contribution in [1.29, 1.82) is 0 Å². The topological polar surface area (TPSA) is 12.5 Å². The second kappa shape index (κ2) is 3.65. The predicted octanol–water partition coefficient (Wildman–Crippen LogP) is 1.90. The molecule has 0 aromatic carbocycles. The van der Waals surface area contributed by atoms with Crippen LogP contribution in [0.2, 0.25) is 0 Å². The van der Waals surface area contributed by atoms with Gasteiger partial charge in [0.2, 0.25) is 0 Å². The SMILES string of the molecule is C1=CCOC(N2CCCCC2)=C1. The van der Waals surface area contributed by atoms with Gasteiger partial charge in [-0.05, 0) is 31.4 Å². The third kappa shape index (κ3) is 1.63. The van der Waals surface area contributed by atoms with E-state index in [1.807, 2.05) is 6.08 Å². The number of likely N-dealkylation sites (tertiary alicyclic amines) is 1. The predicted molar refractivity (Wildman–Crippen MR) is 48.6 cm³/mol. The molecule has 0 aromatic rings. The van der Waals surface area contributed by atoms with Gasteiger partial charge in [0.05, 0.1) is 0 Å². The fourth-order valence-corrected chi connectivity index (χ4v) is 1.70. The summed E-state index contributed by atoms with van der Waals surface area (Å²) in [5.74, 6) is 1.07. The molecule has 0 saturated carbocycles. The highest BCUT2D eigenvalue weighted by atomic mass is 16.5.